The van der Waals surface area contributed by atoms with Crippen LogP contribution in [0.5, 0.6) is 0 Å². The number of benzene rings is 1. The molecule has 3 aromatic rings. The lowest BCUT2D eigenvalue weighted by Gasteiger charge is -2.26. The second-order valence-electron chi connectivity index (χ2n) is 7.32. The fourth-order valence-electron chi connectivity index (χ4n) is 3.62. The van der Waals surface area contributed by atoms with Crippen molar-refractivity contribution in [1.82, 2.24) is 19.5 Å². The van der Waals surface area contributed by atoms with Crippen LogP contribution in [0.15, 0.2) is 30.6 Å². The monoisotopic (exact) mass is 395 g/mol. The molecular weight excluding hydrogens is 370 g/mol. The fourth-order valence-corrected chi connectivity index (χ4v) is 3.62. The van der Waals surface area contributed by atoms with Gasteiger partial charge in [0.05, 0.1) is 12.4 Å². The van der Waals surface area contributed by atoms with Crippen LogP contribution in [0, 0.1) is 0 Å². The Kier molecular flexibility index (Phi) is 5.30. The van der Waals surface area contributed by atoms with Gasteiger partial charge in [-0.05, 0) is 50.8 Å². The van der Waals surface area contributed by atoms with Crippen molar-refractivity contribution in [2.75, 3.05) is 10.6 Å². The highest BCUT2D eigenvalue weighted by Crippen LogP contribution is 2.27. The zero-order valence-electron chi connectivity index (χ0n) is 16.3. The number of imidazole rings is 1. The van der Waals surface area contributed by atoms with Crippen molar-refractivity contribution in [3.05, 3.63) is 36.2 Å². The molecular formula is C20H25N7O2. The average Bonchev–Trinajstić information content (AvgIpc) is 3.13. The molecule has 0 bridgehead atoms. The minimum Gasteiger partial charge on any atom is -0.393 e. The number of aryl methyl sites for hydroxylation is 1. The molecule has 1 aliphatic rings. The molecule has 9 nitrogen and oxygen atoms in total. The van der Waals surface area contributed by atoms with E-state index < -0.39 is 5.91 Å². The molecule has 2 aromatic heterocycles. The van der Waals surface area contributed by atoms with Gasteiger partial charge in [-0.2, -0.15) is 9.97 Å². The van der Waals surface area contributed by atoms with Crippen molar-refractivity contribution in [1.29, 1.82) is 0 Å². The number of fused-ring (bicyclic) bond motifs is 1. The number of anilines is 3. The molecule has 29 heavy (non-hydrogen) atoms. The first-order valence-corrected chi connectivity index (χ1v) is 9.88. The lowest BCUT2D eigenvalue weighted by atomic mass is 9.93. The van der Waals surface area contributed by atoms with E-state index in [2.05, 4.69) is 25.6 Å². The summed E-state index contributed by atoms with van der Waals surface area (Å²) in [6.45, 7) is 2.77. The van der Waals surface area contributed by atoms with Gasteiger partial charge in [0.25, 0.3) is 0 Å². The van der Waals surface area contributed by atoms with Gasteiger partial charge in [0, 0.05) is 23.8 Å². The Morgan fingerprint density at radius 1 is 1.28 bits per heavy atom. The predicted molar refractivity (Wildman–Crippen MR) is 111 cm³/mol. The lowest BCUT2D eigenvalue weighted by molar-refractivity contribution is 0.1000. The van der Waals surface area contributed by atoms with Crippen molar-refractivity contribution in [3.8, 4) is 0 Å². The molecule has 2 heterocycles. The summed E-state index contributed by atoms with van der Waals surface area (Å²) in [4.78, 5) is 25.3. The lowest BCUT2D eigenvalue weighted by Crippen LogP contribution is -2.29. The molecule has 0 unspecified atom stereocenters. The average molecular weight is 395 g/mol. The second kappa shape index (κ2) is 8.04. The number of nitrogens with one attached hydrogen (secondary N) is 2. The number of aliphatic hydroxyl groups excluding tert-OH is 1. The molecule has 1 saturated carbocycles. The van der Waals surface area contributed by atoms with Gasteiger partial charge in [-0.25, -0.2) is 4.98 Å². The zero-order chi connectivity index (χ0) is 20.4. The summed E-state index contributed by atoms with van der Waals surface area (Å²) in [7, 11) is 0. The summed E-state index contributed by atoms with van der Waals surface area (Å²) in [5, 5.41) is 16.4. The number of carbonyl (C=O) groups excluding carboxylic acids is 1. The molecule has 1 aromatic carbocycles. The first-order valence-electron chi connectivity index (χ1n) is 9.88. The number of hydrogen-bond acceptors (Lipinski definition) is 7. The van der Waals surface area contributed by atoms with E-state index in [-0.39, 0.29) is 12.1 Å². The molecule has 0 spiro atoms. The maximum Gasteiger partial charge on any atom is 0.248 e. The van der Waals surface area contributed by atoms with Crippen LogP contribution in [-0.4, -0.2) is 42.7 Å². The summed E-state index contributed by atoms with van der Waals surface area (Å²) in [6, 6.07) is 7.17. The Balaban J connectivity index is 1.67. The summed E-state index contributed by atoms with van der Waals surface area (Å²) < 4.78 is 1.96. The molecule has 1 aliphatic carbocycles. The maximum absolute atomic E-state index is 11.5. The van der Waals surface area contributed by atoms with Gasteiger partial charge >= 0.3 is 0 Å². The summed E-state index contributed by atoms with van der Waals surface area (Å²) in [5.74, 6) is 0.586. The Bertz CT molecular complexity index is 1020. The molecule has 4 rings (SSSR count). The summed E-state index contributed by atoms with van der Waals surface area (Å²) >= 11 is 0. The Morgan fingerprint density at radius 3 is 2.79 bits per heavy atom. The van der Waals surface area contributed by atoms with Crippen molar-refractivity contribution >= 4 is 34.5 Å². The largest absolute Gasteiger partial charge is 0.393 e. The Labute approximate surface area is 168 Å². The van der Waals surface area contributed by atoms with Crippen LogP contribution in [0.25, 0.3) is 11.2 Å². The molecule has 1 fully saturated rings. The third-order valence-corrected chi connectivity index (χ3v) is 5.24. The van der Waals surface area contributed by atoms with Crippen LogP contribution < -0.4 is 16.4 Å². The number of carbonyl (C=O) groups is 1. The molecule has 152 valence electrons. The number of aliphatic hydroxyl groups is 1. The van der Waals surface area contributed by atoms with Crippen LogP contribution in [0.2, 0.25) is 0 Å². The number of rotatable bonds is 6. The topological polar surface area (TPSA) is 131 Å². The van der Waals surface area contributed by atoms with Crippen molar-refractivity contribution in [2.24, 2.45) is 5.73 Å². The number of nitrogens with two attached hydrogens (primary N) is 1. The maximum atomic E-state index is 11.5. The second-order valence-corrected chi connectivity index (χ2v) is 7.32. The highest BCUT2D eigenvalue weighted by atomic mass is 16.3. The van der Waals surface area contributed by atoms with Crippen LogP contribution in [0.4, 0.5) is 17.5 Å². The van der Waals surface area contributed by atoms with E-state index in [1.807, 2.05) is 17.6 Å². The standard InChI is InChI=1S/C20H25N7O2/c1-2-27-11-22-16-18(23-14-5-3-4-12(10-14)17(21)29)25-20(26-19(16)27)24-13-6-8-15(28)9-7-13/h3-5,10-11,13,15,28H,2,6-9H2,1H3,(H2,21,29)(H2,23,24,25,26). The highest BCUT2D eigenvalue weighted by molar-refractivity contribution is 5.94. The van der Waals surface area contributed by atoms with E-state index in [1.54, 1.807) is 24.5 Å². The van der Waals surface area contributed by atoms with Gasteiger partial charge in [-0.3, -0.25) is 4.79 Å². The van der Waals surface area contributed by atoms with Gasteiger partial charge in [-0.1, -0.05) is 6.07 Å². The van der Waals surface area contributed by atoms with Gasteiger partial charge in [0.15, 0.2) is 17.0 Å². The molecule has 0 aliphatic heterocycles. The predicted octanol–water partition coefficient (Wildman–Crippen LogP) is 2.40. The van der Waals surface area contributed by atoms with E-state index in [1.165, 1.54) is 0 Å². The molecule has 9 heteroatoms. The van der Waals surface area contributed by atoms with Crippen molar-refractivity contribution in [2.45, 2.75) is 51.3 Å². The Morgan fingerprint density at radius 2 is 2.07 bits per heavy atom. The molecule has 0 saturated heterocycles. The van der Waals surface area contributed by atoms with E-state index in [9.17, 15) is 9.90 Å². The zero-order valence-corrected chi connectivity index (χ0v) is 16.3. The first-order chi connectivity index (χ1) is 14.0. The van der Waals surface area contributed by atoms with E-state index in [4.69, 9.17) is 5.73 Å². The van der Waals surface area contributed by atoms with Crippen LogP contribution >= 0.6 is 0 Å². The van der Waals surface area contributed by atoms with Crippen molar-refractivity contribution < 1.29 is 9.90 Å². The fraction of sp³-hybridized carbons (Fsp3) is 0.400. The van der Waals surface area contributed by atoms with Crippen molar-refractivity contribution in [3.63, 3.8) is 0 Å². The molecule has 1 amide bonds. The number of nitrogens with zero attached hydrogens (tertiary/aromatic N) is 4. The SMILES string of the molecule is CCn1cnc2c(Nc3cccc(C(N)=O)c3)nc(NC3CCC(O)CC3)nc21. The van der Waals surface area contributed by atoms with Gasteiger partial charge < -0.3 is 26.0 Å². The Hall–Kier alpha value is -3.20. The number of amides is 1. The van der Waals surface area contributed by atoms with Crippen LogP contribution in [0.3, 0.4) is 0 Å². The number of primary amides is 1. The smallest absolute Gasteiger partial charge is 0.248 e. The molecule has 5 N–H and O–H groups in total. The summed E-state index contributed by atoms with van der Waals surface area (Å²) in [6.07, 6.45) is 4.83. The van der Waals surface area contributed by atoms with E-state index in [0.717, 1.165) is 37.9 Å². The van der Waals surface area contributed by atoms with Gasteiger partial charge in [-0.15, -0.1) is 0 Å². The van der Waals surface area contributed by atoms with Crippen LogP contribution in [-0.2, 0) is 6.54 Å². The molecule has 0 radical (unpaired) electrons. The van der Waals surface area contributed by atoms with Crippen LogP contribution in [0.1, 0.15) is 43.0 Å². The third-order valence-electron chi connectivity index (χ3n) is 5.24. The molecule has 0 atom stereocenters. The van der Waals surface area contributed by atoms with Gasteiger partial charge in [0.1, 0.15) is 0 Å². The van der Waals surface area contributed by atoms with Gasteiger partial charge in [0.2, 0.25) is 11.9 Å². The van der Waals surface area contributed by atoms with E-state index >= 15 is 0 Å². The quantitative estimate of drug-likeness (QED) is 0.504. The minimum absolute atomic E-state index is 0.215. The minimum atomic E-state index is -0.487. The number of aromatic nitrogens is 4. The normalized spacial score (nSPS) is 19.2. The highest BCUT2D eigenvalue weighted by Gasteiger charge is 2.21. The summed E-state index contributed by atoms with van der Waals surface area (Å²) in [5.41, 5.74) is 7.88. The van der Waals surface area contributed by atoms with E-state index in [0.29, 0.717) is 28.5 Å². The first kappa shape index (κ1) is 19.1. The number of hydrogen-bond donors (Lipinski definition) is 4. The third kappa shape index (κ3) is 4.14.